The monoisotopic (exact) mass is 255 g/mol. The first-order valence-corrected chi connectivity index (χ1v) is 6.83. The summed E-state index contributed by atoms with van der Waals surface area (Å²) in [5.41, 5.74) is 2.48. The van der Waals surface area contributed by atoms with Crippen molar-refractivity contribution in [1.82, 2.24) is 5.12 Å². The Labute approximate surface area is 113 Å². The van der Waals surface area contributed by atoms with Crippen molar-refractivity contribution in [1.29, 1.82) is 0 Å². The minimum absolute atomic E-state index is 0.283. The molecule has 0 spiro atoms. The quantitative estimate of drug-likeness (QED) is 0.729. The average molecular weight is 255 g/mol. The van der Waals surface area contributed by atoms with Crippen LogP contribution in [0.25, 0.3) is 0 Å². The van der Waals surface area contributed by atoms with Gasteiger partial charge in [0, 0.05) is 13.1 Å². The smallest absolute Gasteiger partial charge is 0.0359 e. The van der Waals surface area contributed by atoms with E-state index >= 15 is 0 Å². The zero-order valence-corrected chi connectivity index (χ0v) is 10.9. The van der Waals surface area contributed by atoms with Crippen molar-refractivity contribution in [2.75, 3.05) is 13.1 Å². The van der Waals surface area contributed by atoms with Crippen LogP contribution in [0.1, 0.15) is 29.4 Å². The van der Waals surface area contributed by atoms with Gasteiger partial charge in [-0.05, 0) is 29.4 Å². The van der Waals surface area contributed by atoms with Crippen LogP contribution in [0.4, 0.5) is 4.48 Å². The van der Waals surface area contributed by atoms with Crippen molar-refractivity contribution in [2.24, 2.45) is 0 Å². The minimum Gasteiger partial charge on any atom is -0.145 e. The Morgan fingerprint density at radius 1 is 0.737 bits per heavy atom. The lowest BCUT2D eigenvalue weighted by Crippen LogP contribution is -2.33. The second-order valence-corrected chi connectivity index (χ2v) is 5.28. The molecule has 2 unspecified atom stereocenters. The van der Waals surface area contributed by atoms with Gasteiger partial charge < -0.3 is 0 Å². The van der Waals surface area contributed by atoms with Gasteiger partial charge in [-0.3, -0.25) is 0 Å². The maximum atomic E-state index is 13.9. The fourth-order valence-electron chi connectivity index (χ4n) is 2.98. The Morgan fingerprint density at radius 2 is 1.16 bits per heavy atom. The summed E-state index contributed by atoms with van der Waals surface area (Å²) in [5, 5.41) is 0.971. The molecule has 0 saturated carbocycles. The Bertz CT molecular complexity index is 464. The molecular weight excluding hydrogens is 237 g/mol. The van der Waals surface area contributed by atoms with Crippen molar-refractivity contribution in [3.63, 3.8) is 0 Å². The SMILES string of the molecule is FN1CC(c2ccccc2)CC(c2ccccc2)C1. The summed E-state index contributed by atoms with van der Waals surface area (Å²) in [6, 6.07) is 20.6. The van der Waals surface area contributed by atoms with Crippen LogP contribution in [0, 0.1) is 0 Å². The van der Waals surface area contributed by atoms with E-state index in [2.05, 4.69) is 24.3 Å². The average Bonchev–Trinajstić information content (AvgIpc) is 2.48. The van der Waals surface area contributed by atoms with E-state index in [1.54, 1.807) is 0 Å². The summed E-state index contributed by atoms with van der Waals surface area (Å²) in [7, 11) is 0. The van der Waals surface area contributed by atoms with Gasteiger partial charge >= 0.3 is 0 Å². The molecule has 2 aromatic carbocycles. The standard InChI is InChI=1S/C17H18FN/c18-19-12-16(14-7-3-1-4-8-14)11-17(13-19)15-9-5-2-6-10-15/h1-10,16-17H,11-13H2. The summed E-state index contributed by atoms with van der Waals surface area (Å²) in [4.78, 5) is 0. The summed E-state index contributed by atoms with van der Waals surface area (Å²) < 4.78 is 13.9. The molecule has 1 nitrogen and oxygen atoms in total. The molecule has 0 amide bonds. The maximum Gasteiger partial charge on any atom is 0.0359 e. The van der Waals surface area contributed by atoms with Crippen LogP contribution in [0.3, 0.4) is 0 Å². The van der Waals surface area contributed by atoms with Gasteiger partial charge in [0.2, 0.25) is 0 Å². The van der Waals surface area contributed by atoms with Crippen LogP contribution >= 0.6 is 0 Å². The van der Waals surface area contributed by atoms with Crippen molar-refractivity contribution in [2.45, 2.75) is 18.3 Å². The van der Waals surface area contributed by atoms with Gasteiger partial charge in [-0.25, -0.2) is 0 Å². The zero-order valence-electron chi connectivity index (χ0n) is 10.9. The lowest BCUT2D eigenvalue weighted by molar-refractivity contribution is -0.0110. The molecule has 0 bridgehead atoms. The molecule has 1 fully saturated rings. The van der Waals surface area contributed by atoms with Crippen molar-refractivity contribution in [3.05, 3.63) is 71.8 Å². The zero-order chi connectivity index (χ0) is 13.1. The van der Waals surface area contributed by atoms with Crippen molar-refractivity contribution >= 4 is 0 Å². The Kier molecular flexibility index (Phi) is 3.60. The third kappa shape index (κ3) is 2.85. The predicted octanol–water partition coefficient (Wildman–Crippen LogP) is 4.14. The maximum absolute atomic E-state index is 13.9. The van der Waals surface area contributed by atoms with Crippen LogP contribution in [0.15, 0.2) is 60.7 Å². The molecule has 0 aliphatic carbocycles. The van der Waals surface area contributed by atoms with E-state index in [1.165, 1.54) is 11.1 Å². The first kappa shape index (κ1) is 12.4. The number of piperidine rings is 1. The Morgan fingerprint density at radius 3 is 1.58 bits per heavy atom. The van der Waals surface area contributed by atoms with Crippen LogP contribution in [-0.4, -0.2) is 18.2 Å². The third-order valence-corrected chi connectivity index (χ3v) is 3.95. The summed E-state index contributed by atoms with van der Waals surface area (Å²) in [6.45, 7) is 1.01. The molecule has 1 heterocycles. The van der Waals surface area contributed by atoms with Crippen LogP contribution in [0.5, 0.6) is 0 Å². The largest absolute Gasteiger partial charge is 0.145 e. The van der Waals surface area contributed by atoms with Gasteiger partial charge in [0.15, 0.2) is 0 Å². The molecule has 0 radical (unpaired) electrons. The second kappa shape index (κ2) is 5.54. The van der Waals surface area contributed by atoms with E-state index in [9.17, 15) is 4.48 Å². The molecule has 0 aromatic heterocycles. The van der Waals surface area contributed by atoms with Gasteiger partial charge in [-0.15, -0.1) is 9.60 Å². The molecule has 1 aliphatic rings. The fraction of sp³-hybridized carbons (Fsp3) is 0.294. The van der Waals surface area contributed by atoms with Crippen molar-refractivity contribution in [3.8, 4) is 0 Å². The van der Waals surface area contributed by atoms with Crippen LogP contribution < -0.4 is 0 Å². The van der Waals surface area contributed by atoms with Gasteiger partial charge in [0.1, 0.15) is 0 Å². The van der Waals surface area contributed by atoms with Gasteiger partial charge in [-0.1, -0.05) is 60.7 Å². The van der Waals surface area contributed by atoms with E-state index < -0.39 is 0 Å². The van der Waals surface area contributed by atoms with E-state index in [1.807, 2.05) is 36.4 Å². The Hall–Kier alpha value is -1.67. The Balaban J connectivity index is 1.82. The van der Waals surface area contributed by atoms with E-state index in [0.29, 0.717) is 13.1 Å². The number of nitrogens with zero attached hydrogens (tertiary/aromatic N) is 1. The van der Waals surface area contributed by atoms with Gasteiger partial charge in [0.05, 0.1) is 0 Å². The summed E-state index contributed by atoms with van der Waals surface area (Å²) in [6.07, 6.45) is 1.02. The molecule has 2 heteroatoms. The third-order valence-electron chi connectivity index (χ3n) is 3.95. The highest BCUT2D eigenvalue weighted by molar-refractivity contribution is 5.25. The molecule has 1 saturated heterocycles. The highest BCUT2D eigenvalue weighted by Crippen LogP contribution is 2.35. The number of benzene rings is 2. The first-order chi connectivity index (χ1) is 9.33. The molecule has 1 aliphatic heterocycles. The molecule has 0 N–H and O–H groups in total. The number of hydrogen-bond donors (Lipinski definition) is 0. The fourth-order valence-corrected chi connectivity index (χ4v) is 2.98. The van der Waals surface area contributed by atoms with E-state index in [4.69, 9.17) is 0 Å². The summed E-state index contributed by atoms with van der Waals surface area (Å²) in [5.74, 6) is 0.565. The molecule has 19 heavy (non-hydrogen) atoms. The topological polar surface area (TPSA) is 3.24 Å². The predicted molar refractivity (Wildman–Crippen MR) is 75.7 cm³/mol. The lowest BCUT2D eigenvalue weighted by Gasteiger charge is -2.33. The highest BCUT2D eigenvalue weighted by atomic mass is 19.2. The summed E-state index contributed by atoms with van der Waals surface area (Å²) >= 11 is 0. The first-order valence-electron chi connectivity index (χ1n) is 6.83. The number of halogens is 1. The number of hydrogen-bond acceptors (Lipinski definition) is 1. The highest BCUT2D eigenvalue weighted by Gasteiger charge is 2.29. The minimum atomic E-state index is 0.283. The molecule has 98 valence electrons. The van der Waals surface area contributed by atoms with Gasteiger partial charge in [-0.2, -0.15) is 0 Å². The normalized spacial score (nSPS) is 24.3. The van der Waals surface area contributed by atoms with Crippen LogP contribution in [0.2, 0.25) is 0 Å². The second-order valence-electron chi connectivity index (χ2n) is 5.28. The van der Waals surface area contributed by atoms with Crippen molar-refractivity contribution < 1.29 is 4.48 Å². The molecule has 3 rings (SSSR count). The molecule has 2 aromatic rings. The number of rotatable bonds is 2. The van der Waals surface area contributed by atoms with Gasteiger partial charge in [0.25, 0.3) is 0 Å². The lowest BCUT2D eigenvalue weighted by atomic mass is 9.82. The molecule has 2 atom stereocenters. The molecular formula is C17H18FN. The van der Waals surface area contributed by atoms with Crippen LogP contribution in [-0.2, 0) is 0 Å². The van der Waals surface area contributed by atoms with E-state index in [-0.39, 0.29) is 11.8 Å². The van der Waals surface area contributed by atoms with E-state index in [0.717, 1.165) is 11.5 Å².